The summed E-state index contributed by atoms with van der Waals surface area (Å²) in [5, 5.41) is 6.48. The molecule has 0 aliphatic carbocycles. The molecule has 3 aliphatic rings. The normalized spacial score (nSPS) is 27.8. The molecule has 2 N–H and O–H groups in total. The molecule has 0 aromatic rings. The second-order valence-corrected chi connectivity index (χ2v) is 7.80. The van der Waals surface area contributed by atoms with Crippen LogP contribution in [0.2, 0.25) is 0 Å². The molecule has 0 aromatic heterocycles. The minimum absolute atomic E-state index is 0.0793. The molecule has 0 aromatic carbocycles. The molecule has 3 aliphatic heterocycles. The lowest BCUT2D eigenvalue weighted by atomic mass is 9.79. The number of carbonyl (C=O) groups excluding carboxylic acids is 2. The summed E-state index contributed by atoms with van der Waals surface area (Å²) >= 11 is 0. The van der Waals surface area contributed by atoms with Crippen LogP contribution in [0.1, 0.15) is 26.2 Å². The van der Waals surface area contributed by atoms with Crippen molar-refractivity contribution in [2.75, 3.05) is 66.0 Å². The lowest BCUT2D eigenvalue weighted by Gasteiger charge is -2.41. The number of aliphatic imine (C=N–C) groups is 1. The lowest BCUT2D eigenvalue weighted by Crippen LogP contribution is -2.53. The number of hydrogen-bond donors (Lipinski definition) is 2. The summed E-state index contributed by atoms with van der Waals surface area (Å²) in [7, 11) is 1.83. The van der Waals surface area contributed by atoms with E-state index >= 15 is 0 Å². The third-order valence-electron chi connectivity index (χ3n) is 5.90. The Morgan fingerprint density at radius 3 is 2.62 bits per heavy atom. The molecule has 3 heterocycles. The summed E-state index contributed by atoms with van der Waals surface area (Å²) in [6.07, 6.45) is 2.85. The summed E-state index contributed by atoms with van der Waals surface area (Å²) in [6, 6.07) is 0. The molecule has 0 saturated carbocycles. The van der Waals surface area contributed by atoms with Gasteiger partial charge < -0.3 is 20.4 Å². The van der Waals surface area contributed by atoms with Gasteiger partial charge in [-0.05, 0) is 12.8 Å². The zero-order chi connectivity index (χ0) is 18.6. The Kier molecular flexibility index (Phi) is 6.01. The Morgan fingerprint density at radius 2 is 2.00 bits per heavy atom. The van der Waals surface area contributed by atoms with E-state index in [1.165, 1.54) is 0 Å². The van der Waals surface area contributed by atoms with Crippen LogP contribution in [0.3, 0.4) is 0 Å². The van der Waals surface area contributed by atoms with E-state index in [4.69, 9.17) is 0 Å². The topological polar surface area (TPSA) is 80.3 Å². The Labute approximate surface area is 156 Å². The molecule has 8 heteroatoms. The van der Waals surface area contributed by atoms with Gasteiger partial charge in [-0.15, -0.1) is 0 Å². The van der Waals surface area contributed by atoms with Crippen molar-refractivity contribution in [2.24, 2.45) is 10.4 Å². The van der Waals surface area contributed by atoms with Crippen molar-refractivity contribution in [1.82, 2.24) is 25.3 Å². The standard InChI is InChI=1S/C18H32N6O2/c1-15(25)23-10-8-22(9-11-23)7-5-20-17(19-2)24-6-3-4-18(14-24)12-16(26)21-13-18/h3-14H2,1-2H3,(H,19,20)(H,21,26). The summed E-state index contributed by atoms with van der Waals surface area (Å²) in [5.41, 5.74) is 0.0793. The van der Waals surface area contributed by atoms with E-state index in [1.54, 1.807) is 6.92 Å². The first-order valence-electron chi connectivity index (χ1n) is 9.71. The van der Waals surface area contributed by atoms with Crippen LogP contribution >= 0.6 is 0 Å². The van der Waals surface area contributed by atoms with E-state index in [2.05, 4.69) is 25.4 Å². The van der Waals surface area contributed by atoms with Crippen LogP contribution in [0, 0.1) is 5.41 Å². The molecule has 1 spiro atoms. The van der Waals surface area contributed by atoms with Gasteiger partial charge >= 0.3 is 0 Å². The minimum atomic E-state index is 0.0793. The van der Waals surface area contributed by atoms with E-state index in [9.17, 15) is 9.59 Å². The van der Waals surface area contributed by atoms with E-state index in [-0.39, 0.29) is 17.2 Å². The van der Waals surface area contributed by atoms with Gasteiger partial charge in [-0.3, -0.25) is 19.5 Å². The number of guanidine groups is 1. The van der Waals surface area contributed by atoms with Gasteiger partial charge in [0.05, 0.1) is 0 Å². The number of likely N-dealkylation sites (tertiary alicyclic amines) is 1. The Hall–Kier alpha value is -1.83. The quantitative estimate of drug-likeness (QED) is 0.513. The van der Waals surface area contributed by atoms with E-state index < -0.39 is 0 Å². The molecule has 8 nitrogen and oxygen atoms in total. The predicted molar refractivity (Wildman–Crippen MR) is 101 cm³/mol. The molecule has 3 rings (SSSR count). The number of amides is 2. The number of nitrogens with zero attached hydrogens (tertiary/aromatic N) is 4. The van der Waals surface area contributed by atoms with Crippen molar-refractivity contribution < 1.29 is 9.59 Å². The number of piperidine rings is 1. The smallest absolute Gasteiger partial charge is 0.220 e. The summed E-state index contributed by atoms with van der Waals surface area (Å²) in [6.45, 7) is 9.60. The summed E-state index contributed by atoms with van der Waals surface area (Å²) in [4.78, 5) is 34.1. The first kappa shape index (κ1) is 18.9. The SMILES string of the molecule is CN=C(NCCN1CCN(C(C)=O)CC1)N1CCCC2(CNC(=O)C2)C1. The molecular weight excluding hydrogens is 332 g/mol. The number of hydrogen-bond acceptors (Lipinski definition) is 4. The minimum Gasteiger partial charge on any atom is -0.355 e. The highest BCUT2D eigenvalue weighted by Gasteiger charge is 2.42. The molecule has 0 bridgehead atoms. The van der Waals surface area contributed by atoms with Gasteiger partial charge in [-0.1, -0.05) is 0 Å². The van der Waals surface area contributed by atoms with Crippen molar-refractivity contribution in [3.05, 3.63) is 0 Å². The largest absolute Gasteiger partial charge is 0.355 e. The lowest BCUT2D eigenvalue weighted by molar-refractivity contribution is -0.130. The second kappa shape index (κ2) is 8.24. The third-order valence-corrected chi connectivity index (χ3v) is 5.90. The first-order chi connectivity index (χ1) is 12.5. The van der Waals surface area contributed by atoms with Gasteiger partial charge in [0.2, 0.25) is 11.8 Å². The van der Waals surface area contributed by atoms with Crippen molar-refractivity contribution >= 4 is 17.8 Å². The number of nitrogens with one attached hydrogen (secondary N) is 2. The van der Waals surface area contributed by atoms with Crippen LogP contribution in [0.4, 0.5) is 0 Å². The summed E-state index contributed by atoms with van der Waals surface area (Å²) in [5.74, 6) is 1.28. The number of carbonyl (C=O) groups is 2. The maximum absolute atomic E-state index is 11.7. The monoisotopic (exact) mass is 364 g/mol. The van der Waals surface area contributed by atoms with E-state index in [0.717, 1.165) is 77.7 Å². The van der Waals surface area contributed by atoms with Gasteiger partial charge in [0.1, 0.15) is 0 Å². The van der Waals surface area contributed by atoms with Crippen molar-refractivity contribution in [3.63, 3.8) is 0 Å². The maximum atomic E-state index is 11.7. The van der Waals surface area contributed by atoms with E-state index in [0.29, 0.717) is 6.42 Å². The van der Waals surface area contributed by atoms with Gasteiger partial charge in [-0.25, -0.2) is 0 Å². The van der Waals surface area contributed by atoms with Gasteiger partial charge in [0.25, 0.3) is 0 Å². The van der Waals surface area contributed by atoms with Gasteiger partial charge in [-0.2, -0.15) is 0 Å². The van der Waals surface area contributed by atoms with Crippen molar-refractivity contribution in [1.29, 1.82) is 0 Å². The van der Waals surface area contributed by atoms with Crippen molar-refractivity contribution in [3.8, 4) is 0 Å². The molecule has 2 amide bonds. The fourth-order valence-corrected chi connectivity index (χ4v) is 4.37. The highest BCUT2D eigenvalue weighted by molar-refractivity contribution is 5.81. The fourth-order valence-electron chi connectivity index (χ4n) is 4.37. The van der Waals surface area contributed by atoms with Crippen LogP contribution < -0.4 is 10.6 Å². The first-order valence-corrected chi connectivity index (χ1v) is 9.71. The van der Waals surface area contributed by atoms with Crippen molar-refractivity contribution in [2.45, 2.75) is 26.2 Å². The highest BCUT2D eigenvalue weighted by Crippen LogP contribution is 2.35. The number of rotatable bonds is 3. The zero-order valence-electron chi connectivity index (χ0n) is 16.1. The zero-order valence-corrected chi connectivity index (χ0v) is 16.1. The Bertz CT molecular complexity index is 558. The maximum Gasteiger partial charge on any atom is 0.220 e. The second-order valence-electron chi connectivity index (χ2n) is 7.80. The van der Waals surface area contributed by atoms with Crippen LogP contribution in [-0.4, -0.2) is 98.4 Å². The highest BCUT2D eigenvalue weighted by atomic mass is 16.2. The molecule has 146 valence electrons. The molecule has 1 atom stereocenters. The fraction of sp³-hybridized carbons (Fsp3) is 0.833. The third kappa shape index (κ3) is 4.47. The number of piperazine rings is 1. The predicted octanol–water partition coefficient (Wildman–Crippen LogP) is -0.672. The van der Waals surface area contributed by atoms with Crippen LogP contribution in [0.25, 0.3) is 0 Å². The molecular formula is C18H32N6O2. The van der Waals surface area contributed by atoms with Crippen LogP contribution in [0.15, 0.2) is 4.99 Å². The van der Waals surface area contributed by atoms with Gasteiger partial charge in [0.15, 0.2) is 5.96 Å². The molecule has 1 unspecified atom stereocenters. The average Bonchev–Trinajstić information content (AvgIpc) is 2.99. The van der Waals surface area contributed by atoms with Gasteiger partial charge in [0, 0.05) is 84.7 Å². The van der Waals surface area contributed by atoms with E-state index in [1.807, 2.05) is 11.9 Å². The van der Waals surface area contributed by atoms with Crippen LogP contribution in [-0.2, 0) is 9.59 Å². The molecule has 26 heavy (non-hydrogen) atoms. The molecule has 3 fully saturated rings. The molecule has 0 radical (unpaired) electrons. The van der Waals surface area contributed by atoms with Crippen LogP contribution in [0.5, 0.6) is 0 Å². The average molecular weight is 364 g/mol. The Morgan fingerprint density at radius 1 is 1.23 bits per heavy atom. The Balaban J connectivity index is 1.43. The summed E-state index contributed by atoms with van der Waals surface area (Å²) < 4.78 is 0. The molecule has 3 saturated heterocycles.